The maximum atomic E-state index is 11.9. The number of carbonyl (C=O) groups excluding carboxylic acids is 1. The number of aromatic nitrogens is 2. The molecule has 1 aliphatic rings. The number of aliphatic hydroxyl groups is 2. The molecule has 0 saturated carbocycles. The quantitative estimate of drug-likeness (QED) is 0.802. The van der Waals surface area contributed by atoms with E-state index in [2.05, 4.69) is 5.10 Å². The largest absolute Gasteiger partial charge is 0.396 e. The summed E-state index contributed by atoms with van der Waals surface area (Å²) in [5.41, 5.74) is 2.02. The number of rotatable bonds is 4. The average molecular weight is 238 g/mol. The Kier molecular flexibility index (Phi) is 3.59. The van der Waals surface area contributed by atoms with Crippen molar-refractivity contribution in [2.45, 2.75) is 39.3 Å². The lowest BCUT2D eigenvalue weighted by Gasteiger charge is -2.19. The van der Waals surface area contributed by atoms with Gasteiger partial charge in [0.25, 0.3) is 0 Å². The van der Waals surface area contributed by atoms with Crippen LogP contribution in [0.3, 0.4) is 0 Å². The summed E-state index contributed by atoms with van der Waals surface area (Å²) < 4.78 is 1.77. The summed E-state index contributed by atoms with van der Waals surface area (Å²) in [5, 5.41) is 22.3. The van der Waals surface area contributed by atoms with Crippen LogP contribution in [0, 0.1) is 5.92 Å². The van der Waals surface area contributed by atoms with Crippen molar-refractivity contribution in [1.82, 2.24) is 9.78 Å². The third-order valence-electron chi connectivity index (χ3n) is 3.16. The van der Waals surface area contributed by atoms with E-state index in [9.17, 15) is 9.90 Å². The van der Waals surface area contributed by atoms with Gasteiger partial charge in [-0.25, -0.2) is 0 Å². The molecule has 0 amide bonds. The van der Waals surface area contributed by atoms with Gasteiger partial charge in [0, 0.05) is 25.3 Å². The molecule has 2 N–H and O–H groups in total. The minimum Gasteiger partial charge on any atom is -0.396 e. The molecule has 0 aliphatic heterocycles. The Balaban J connectivity index is 2.38. The number of nitrogens with zero attached hydrogens (tertiary/aromatic N) is 2. The molecule has 5 heteroatoms. The van der Waals surface area contributed by atoms with E-state index in [0.717, 1.165) is 12.1 Å². The molecule has 94 valence electrons. The Bertz CT molecular complexity index is 426. The van der Waals surface area contributed by atoms with Crippen LogP contribution in [0.4, 0.5) is 0 Å². The SMILES string of the molecule is CC1CC(=O)c2c(CO)nn(CCCO)c2C1. The summed E-state index contributed by atoms with van der Waals surface area (Å²) in [7, 11) is 0. The molecule has 1 unspecified atom stereocenters. The molecule has 0 fully saturated rings. The highest BCUT2D eigenvalue weighted by Crippen LogP contribution is 2.28. The molecular formula is C12H18N2O3. The Morgan fingerprint density at radius 3 is 2.82 bits per heavy atom. The van der Waals surface area contributed by atoms with Crippen molar-refractivity contribution >= 4 is 5.78 Å². The second-order valence-electron chi connectivity index (χ2n) is 4.66. The fourth-order valence-electron chi connectivity index (χ4n) is 2.42. The highest BCUT2D eigenvalue weighted by molar-refractivity contribution is 5.99. The summed E-state index contributed by atoms with van der Waals surface area (Å²) in [4.78, 5) is 11.9. The lowest BCUT2D eigenvalue weighted by atomic mass is 9.87. The second kappa shape index (κ2) is 4.98. The predicted octanol–water partition coefficient (Wildman–Crippen LogP) is 0.523. The van der Waals surface area contributed by atoms with Crippen LogP contribution in [0.15, 0.2) is 0 Å². The van der Waals surface area contributed by atoms with Gasteiger partial charge in [-0.15, -0.1) is 0 Å². The normalized spacial score (nSPS) is 19.5. The van der Waals surface area contributed by atoms with E-state index in [1.165, 1.54) is 0 Å². The number of fused-ring (bicyclic) bond motifs is 1. The van der Waals surface area contributed by atoms with Crippen molar-refractivity contribution in [2.24, 2.45) is 5.92 Å². The number of hydrogen-bond donors (Lipinski definition) is 2. The Hall–Kier alpha value is -1.20. The maximum Gasteiger partial charge on any atom is 0.166 e. The van der Waals surface area contributed by atoms with Crippen molar-refractivity contribution in [3.63, 3.8) is 0 Å². The minimum atomic E-state index is -0.200. The minimum absolute atomic E-state index is 0.0815. The Morgan fingerprint density at radius 2 is 2.18 bits per heavy atom. The van der Waals surface area contributed by atoms with E-state index < -0.39 is 0 Å². The topological polar surface area (TPSA) is 75.3 Å². The molecule has 1 aromatic rings. The number of Topliss-reactive ketones (excluding diaryl/α,β-unsaturated/α-hetero) is 1. The maximum absolute atomic E-state index is 11.9. The molecule has 0 radical (unpaired) electrons. The van der Waals surface area contributed by atoms with E-state index >= 15 is 0 Å². The molecule has 17 heavy (non-hydrogen) atoms. The van der Waals surface area contributed by atoms with Crippen LogP contribution in [-0.2, 0) is 19.6 Å². The van der Waals surface area contributed by atoms with Gasteiger partial charge in [0.05, 0.1) is 17.9 Å². The Labute approximate surface area is 100 Å². The van der Waals surface area contributed by atoms with Crippen molar-refractivity contribution in [3.05, 3.63) is 17.0 Å². The van der Waals surface area contributed by atoms with Crippen molar-refractivity contribution < 1.29 is 15.0 Å². The number of aliphatic hydroxyl groups excluding tert-OH is 2. The molecule has 0 spiro atoms. The van der Waals surface area contributed by atoms with Gasteiger partial charge in [0.2, 0.25) is 0 Å². The number of carbonyl (C=O) groups is 1. The van der Waals surface area contributed by atoms with Gasteiger partial charge < -0.3 is 10.2 Å². The van der Waals surface area contributed by atoms with Crippen molar-refractivity contribution in [1.29, 1.82) is 0 Å². The highest BCUT2D eigenvalue weighted by atomic mass is 16.3. The van der Waals surface area contributed by atoms with Gasteiger partial charge in [-0.1, -0.05) is 6.92 Å². The fourth-order valence-corrected chi connectivity index (χ4v) is 2.42. The van der Waals surface area contributed by atoms with Gasteiger partial charge in [-0.05, 0) is 18.8 Å². The van der Waals surface area contributed by atoms with Crippen molar-refractivity contribution in [2.75, 3.05) is 6.61 Å². The zero-order valence-corrected chi connectivity index (χ0v) is 10.0. The molecule has 5 nitrogen and oxygen atoms in total. The highest BCUT2D eigenvalue weighted by Gasteiger charge is 2.29. The molecule has 0 aromatic carbocycles. The van der Waals surface area contributed by atoms with E-state index in [0.29, 0.717) is 36.6 Å². The molecule has 1 aliphatic carbocycles. The van der Waals surface area contributed by atoms with Crippen LogP contribution in [0.25, 0.3) is 0 Å². The summed E-state index contributed by atoms with van der Waals surface area (Å²) in [5.74, 6) is 0.407. The first-order valence-corrected chi connectivity index (χ1v) is 6.00. The van der Waals surface area contributed by atoms with Crippen LogP contribution in [-0.4, -0.2) is 32.4 Å². The number of ketones is 1. The summed E-state index contributed by atoms with van der Waals surface area (Å²) >= 11 is 0. The summed E-state index contributed by atoms with van der Waals surface area (Å²) in [6.07, 6.45) is 1.97. The first kappa shape index (κ1) is 12.3. The van der Waals surface area contributed by atoms with E-state index in [4.69, 9.17) is 5.11 Å². The fraction of sp³-hybridized carbons (Fsp3) is 0.667. The molecule has 2 rings (SSSR count). The Morgan fingerprint density at radius 1 is 1.41 bits per heavy atom. The van der Waals surface area contributed by atoms with Gasteiger partial charge >= 0.3 is 0 Å². The second-order valence-corrected chi connectivity index (χ2v) is 4.66. The molecule has 1 atom stereocenters. The zero-order valence-electron chi connectivity index (χ0n) is 10.0. The van der Waals surface area contributed by atoms with Gasteiger partial charge in [-0.2, -0.15) is 5.10 Å². The number of aryl methyl sites for hydroxylation is 1. The van der Waals surface area contributed by atoms with Gasteiger partial charge in [0.1, 0.15) is 0 Å². The van der Waals surface area contributed by atoms with E-state index in [-0.39, 0.29) is 19.0 Å². The molecule has 0 bridgehead atoms. The lowest BCUT2D eigenvalue weighted by molar-refractivity contribution is 0.0949. The monoisotopic (exact) mass is 238 g/mol. The molecule has 1 aromatic heterocycles. The van der Waals surface area contributed by atoms with Crippen LogP contribution >= 0.6 is 0 Å². The van der Waals surface area contributed by atoms with E-state index in [1.54, 1.807) is 4.68 Å². The summed E-state index contributed by atoms with van der Waals surface area (Å²) in [6.45, 7) is 2.54. The average Bonchev–Trinajstić information content (AvgIpc) is 2.64. The van der Waals surface area contributed by atoms with Gasteiger partial charge in [-0.3, -0.25) is 9.48 Å². The van der Waals surface area contributed by atoms with E-state index in [1.807, 2.05) is 6.92 Å². The standard InChI is InChI=1S/C12H18N2O3/c1-8-5-10-12(11(17)6-8)9(7-16)13-14(10)3-2-4-15/h8,15-16H,2-7H2,1H3. The van der Waals surface area contributed by atoms with Crippen LogP contribution < -0.4 is 0 Å². The van der Waals surface area contributed by atoms with Crippen molar-refractivity contribution in [3.8, 4) is 0 Å². The smallest absolute Gasteiger partial charge is 0.166 e. The third kappa shape index (κ3) is 2.25. The van der Waals surface area contributed by atoms with Crippen LogP contribution in [0.5, 0.6) is 0 Å². The first-order chi connectivity index (χ1) is 8.17. The molecular weight excluding hydrogens is 220 g/mol. The van der Waals surface area contributed by atoms with Gasteiger partial charge in [0.15, 0.2) is 5.78 Å². The molecule has 0 saturated heterocycles. The molecule has 1 heterocycles. The number of hydrogen-bond acceptors (Lipinski definition) is 4. The zero-order chi connectivity index (χ0) is 12.4. The summed E-state index contributed by atoms with van der Waals surface area (Å²) in [6, 6.07) is 0. The van der Waals surface area contributed by atoms with Crippen LogP contribution in [0.1, 0.15) is 41.5 Å². The lowest BCUT2D eigenvalue weighted by Crippen LogP contribution is -2.20. The van der Waals surface area contributed by atoms with Crippen LogP contribution in [0.2, 0.25) is 0 Å². The first-order valence-electron chi connectivity index (χ1n) is 6.00. The predicted molar refractivity (Wildman–Crippen MR) is 61.7 cm³/mol. The third-order valence-corrected chi connectivity index (χ3v) is 3.16.